The van der Waals surface area contributed by atoms with Crippen molar-refractivity contribution in [3.8, 4) is 0 Å². The summed E-state index contributed by atoms with van der Waals surface area (Å²) in [6.45, 7) is 6.91. The third kappa shape index (κ3) is 12.8. The van der Waals surface area contributed by atoms with E-state index < -0.39 is 0 Å². The van der Waals surface area contributed by atoms with E-state index in [2.05, 4.69) is 65.7 Å². The van der Waals surface area contributed by atoms with Gasteiger partial charge in [0.1, 0.15) is 12.4 Å². The van der Waals surface area contributed by atoms with Crippen LogP contribution in [0.25, 0.3) is 0 Å². The monoisotopic (exact) mass is 467 g/mol. The van der Waals surface area contributed by atoms with Crippen LogP contribution in [0.3, 0.4) is 0 Å². The number of aromatic nitrogens is 2. The number of rotatable bonds is 22. The van der Waals surface area contributed by atoms with E-state index in [0.717, 1.165) is 13.0 Å². The molecular formula is C32H55N2+. The van der Waals surface area contributed by atoms with Gasteiger partial charge >= 0.3 is 0 Å². The maximum absolute atomic E-state index is 2.53. The first-order valence-electron chi connectivity index (χ1n) is 15.0. The summed E-state index contributed by atoms with van der Waals surface area (Å²) < 4.78 is 5.04. The molecule has 2 heteroatoms. The van der Waals surface area contributed by atoms with Crippen LogP contribution < -0.4 is 4.57 Å². The van der Waals surface area contributed by atoms with E-state index in [-0.39, 0.29) is 0 Å². The van der Waals surface area contributed by atoms with Crippen molar-refractivity contribution in [2.45, 2.75) is 149 Å². The average Bonchev–Trinajstić information content (AvgIpc) is 3.23. The Morgan fingerprint density at radius 3 is 1.65 bits per heavy atom. The molecule has 1 aromatic carbocycles. The quantitative estimate of drug-likeness (QED) is 0.120. The Labute approximate surface area is 212 Å². The number of imidazole rings is 1. The van der Waals surface area contributed by atoms with E-state index >= 15 is 0 Å². The first-order valence-corrected chi connectivity index (χ1v) is 15.0. The smallest absolute Gasteiger partial charge is 0.234 e. The van der Waals surface area contributed by atoms with Gasteiger partial charge in [0.2, 0.25) is 0 Å². The van der Waals surface area contributed by atoms with Crippen molar-refractivity contribution >= 4 is 0 Å². The predicted octanol–water partition coefficient (Wildman–Crippen LogP) is 9.43. The van der Waals surface area contributed by atoms with Crippen LogP contribution in [0, 0.1) is 0 Å². The van der Waals surface area contributed by atoms with Gasteiger partial charge in [0, 0.05) is 0 Å². The lowest BCUT2D eigenvalue weighted by Gasteiger charge is -2.06. The Kier molecular flexibility index (Phi) is 16.6. The van der Waals surface area contributed by atoms with E-state index in [9.17, 15) is 0 Å². The molecule has 0 saturated heterocycles. The van der Waals surface area contributed by atoms with Gasteiger partial charge in [0.15, 0.2) is 0 Å². The number of benzene rings is 1. The number of aryl methyl sites for hydroxylation is 2. The molecule has 0 atom stereocenters. The van der Waals surface area contributed by atoms with Crippen molar-refractivity contribution in [1.29, 1.82) is 0 Å². The maximum atomic E-state index is 2.53. The predicted molar refractivity (Wildman–Crippen MR) is 148 cm³/mol. The molecule has 0 N–H and O–H groups in total. The fourth-order valence-electron chi connectivity index (χ4n) is 5.07. The van der Waals surface area contributed by atoms with Crippen molar-refractivity contribution in [2.75, 3.05) is 0 Å². The van der Waals surface area contributed by atoms with Crippen LogP contribution in [0.15, 0.2) is 42.7 Å². The van der Waals surface area contributed by atoms with Gasteiger partial charge in [-0.25, -0.2) is 9.13 Å². The number of nitrogens with zero attached hydrogens (tertiary/aromatic N) is 2. The summed E-state index contributed by atoms with van der Waals surface area (Å²) in [4.78, 5) is 0. The van der Waals surface area contributed by atoms with Crippen LogP contribution in [0.1, 0.15) is 141 Å². The lowest BCUT2D eigenvalue weighted by atomic mass is 10.0. The lowest BCUT2D eigenvalue weighted by molar-refractivity contribution is -0.703. The number of hydrogen-bond donors (Lipinski definition) is 0. The van der Waals surface area contributed by atoms with E-state index in [1.165, 1.54) is 134 Å². The average molecular weight is 468 g/mol. The zero-order chi connectivity index (χ0) is 24.1. The third-order valence-corrected chi connectivity index (χ3v) is 7.30. The molecule has 0 fully saturated rings. The van der Waals surface area contributed by atoms with Gasteiger partial charge < -0.3 is 0 Å². The number of hydrogen-bond acceptors (Lipinski definition) is 0. The fraction of sp³-hybridized carbons (Fsp3) is 0.719. The Hall–Kier alpha value is -1.57. The molecule has 34 heavy (non-hydrogen) atoms. The van der Waals surface area contributed by atoms with Crippen LogP contribution in [-0.2, 0) is 19.5 Å². The largest absolute Gasteiger partial charge is 0.260 e. The standard InChI is InChI=1S/C32H55N2/c1-3-5-7-8-9-10-11-12-13-14-15-16-17-18-23-27-34-29-28-33(26-22-6-4-2)32(34)30-31-24-20-19-21-25-31/h19-21,24-25,28-29H,3-18,22-23,26-27,30H2,1-2H3/q+1. The molecule has 1 heterocycles. The third-order valence-electron chi connectivity index (χ3n) is 7.30. The lowest BCUT2D eigenvalue weighted by Crippen LogP contribution is -2.37. The molecule has 0 aliphatic heterocycles. The van der Waals surface area contributed by atoms with E-state index in [4.69, 9.17) is 0 Å². The highest BCUT2D eigenvalue weighted by Gasteiger charge is 2.17. The summed E-state index contributed by atoms with van der Waals surface area (Å²) in [5.74, 6) is 1.48. The van der Waals surface area contributed by atoms with Crippen molar-refractivity contribution in [2.24, 2.45) is 0 Å². The van der Waals surface area contributed by atoms with Crippen LogP contribution in [0.2, 0.25) is 0 Å². The molecule has 0 aliphatic rings. The van der Waals surface area contributed by atoms with Crippen LogP contribution in [-0.4, -0.2) is 4.57 Å². The molecular weight excluding hydrogens is 412 g/mol. The molecule has 0 bridgehead atoms. The SMILES string of the molecule is CCCCCCCCCCCCCCCCCn1cc[n+](CCCCC)c1Cc1ccccc1. The summed E-state index contributed by atoms with van der Waals surface area (Å²) in [6, 6.07) is 11.0. The molecule has 0 spiro atoms. The first-order chi connectivity index (χ1) is 16.8. The van der Waals surface area contributed by atoms with Gasteiger partial charge in [0.05, 0.1) is 19.5 Å². The van der Waals surface area contributed by atoms with Crippen LogP contribution in [0.4, 0.5) is 0 Å². The minimum atomic E-state index is 1.04. The van der Waals surface area contributed by atoms with E-state index in [1.54, 1.807) is 0 Å². The van der Waals surface area contributed by atoms with Gasteiger partial charge in [-0.3, -0.25) is 0 Å². The second-order valence-electron chi connectivity index (χ2n) is 10.4. The highest BCUT2D eigenvalue weighted by molar-refractivity contribution is 5.18. The molecule has 2 aromatic rings. The second-order valence-corrected chi connectivity index (χ2v) is 10.4. The Balaban J connectivity index is 1.57. The van der Waals surface area contributed by atoms with Gasteiger partial charge in [0.25, 0.3) is 5.82 Å². The minimum Gasteiger partial charge on any atom is -0.234 e. The molecule has 2 nitrogen and oxygen atoms in total. The minimum absolute atomic E-state index is 1.04. The summed E-state index contributed by atoms with van der Waals surface area (Å²) >= 11 is 0. The van der Waals surface area contributed by atoms with Crippen molar-refractivity contribution in [3.05, 3.63) is 54.1 Å². The van der Waals surface area contributed by atoms with E-state index in [1.807, 2.05) is 0 Å². The zero-order valence-electron chi connectivity index (χ0n) is 22.8. The highest BCUT2D eigenvalue weighted by Crippen LogP contribution is 2.14. The molecule has 0 amide bonds. The number of unbranched alkanes of at least 4 members (excludes halogenated alkanes) is 16. The summed E-state index contributed by atoms with van der Waals surface area (Å²) in [7, 11) is 0. The Morgan fingerprint density at radius 2 is 1.09 bits per heavy atom. The summed E-state index contributed by atoms with van der Waals surface area (Å²) in [5, 5.41) is 0. The highest BCUT2D eigenvalue weighted by atomic mass is 15.1. The fourth-order valence-corrected chi connectivity index (χ4v) is 5.07. The topological polar surface area (TPSA) is 8.81 Å². The summed E-state index contributed by atoms with van der Waals surface area (Å²) in [6.07, 6.45) is 31.0. The van der Waals surface area contributed by atoms with Gasteiger partial charge in [-0.1, -0.05) is 134 Å². The Morgan fingerprint density at radius 1 is 0.588 bits per heavy atom. The molecule has 0 radical (unpaired) electrons. The van der Waals surface area contributed by atoms with Gasteiger partial charge in [-0.2, -0.15) is 0 Å². The van der Waals surface area contributed by atoms with Crippen molar-refractivity contribution in [1.82, 2.24) is 4.57 Å². The zero-order valence-corrected chi connectivity index (χ0v) is 22.8. The van der Waals surface area contributed by atoms with Crippen LogP contribution in [0.5, 0.6) is 0 Å². The second kappa shape index (κ2) is 19.7. The van der Waals surface area contributed by atoms with Crippen LogP contribution >= 0.6 is 0 Å². The van der Waals surface area contributed by atoms with Gasteiger partial charge in [-0.05, 0) is 31.2 Å². The molecule has 1 aromatic heterocycles. The molecule has 0 unspecified atom stereocenters. The summed E-state index contributed by atoms with van der Waals surface area (Å²) in [5.41, 5.74) is 1.42. The molecule has 0 saturated carbocycles. The van der Waals surface area contributed by atoms with Gasteiger partial charge in [-0.15, -0.1) is 0 Å². The Bertz CT molecular complexity index is 703. The maximum Gasteiger partial charge on any atom is 0.260 e. The molecule has 192 valence electrons. The molecule has 0 aliphatic carbocycles. The first kappa shape index (κ1) is 28.7. The van der Waals surface area contributed by atoms with Crippen molar-refractivity contribution < 1.29 is 4.57 Å². The molecule has 2 rings (SSSR count). The van der Waals surface area contributed by atoms with Crippen molar-refractivity contribution in [3.63, 3.8) is 0 Å². The normalized spacial score (nSPS) is 11.4. The van der Waals surface area contributed by atoms with E-state index in [0.29, 0.717) is 0 Å².